The summed E-state index contributed by atoms with van der Waals surface area (Å²) in [6.45, 7) is 3.24. The summed E-state index contributed by atoms with van der Waals surface area (Å²) in [6, 6.07) is -0.840. The van der Waals surface area contributed by atoms with Gasteiger partial charge in [0.15, 0.2) is 5.52 Å². The molecule has 0 saturated carbocycles. The Morgan fingerprint density at radius 3 is 2.20 bits per heavy atom. The molecule has 3 N–H and O–H groups in total. The van der Waals surface area contributed by atoms with Crippen LogP contribution in [0.15, 0.2) is 12.2 Å². The van der Waals surface area contributed by atoms with Crippen molar-refractivity contribution in [2.75, 3.05) is 32.8 Å². The first-order chi connectivity index (χ1) is 14.1. The van der Waals surface area contributed by atoms with Gasteiger partial charge in [-0.3, -0.25) is 33.7 Å². The highest BCUT2D eigenvalue weighted by molar-refractivity contribution is 7.40. The third kappa shape index (κ3) is 9.23. The van der Waals surface area contributed by atoms with Crippen LogP contribution in [0.2, 0.25) is 0 Å². The minimum atomic E-state index is -0.840. The van der Waals surface area contributed by atoms with E-state index in [1.807, 2.05) is 9.24 Å². The van der Waals surface area contributed by atoms with Gasteiger partial charge in [0, 0.05) is 18.6 Å². The lowest BCUT2D eigenvalue weighted by molar-refractivity contribution is -0.138. The van der Waals surface area contributed by atoms with Gasteiger partial charge >= 0.3 is 0 Å². The number of carbonyl (C=O) groups is 6. The number of imide groups is 1. The summed E-state index contributed by atoms with van der Waals surface area (Å²) in [5, 5.41) is 7.36. The maximum atomic E-state index is 12.1. The third-order valence-corrected chi connectivity index (χ3v) is 4.19. The normalized spacial score (nSPS) is 14.1. The quantitative estimate of drug-likeness (QED) is 0.171. The summed E-state index contributed by atoms with van der Waals surface area (Å²) >= 11 is 0. The molecule has 1 rings (SSSR count). The molecule has 11 nitrogen and oxygen atoms in total. The number of amides is 5. The number of hydrogen-bond donors (Lipinski definition) is 3. The summed E-state index contributed by atoms with van der Waals surface area (Å²) in [4.78, 5) is 70.5. The number of nitrogens with zero attached hydrogens (tertiary/aromatic N) is 1. The molecule has 0 aromatic heterocycles. The predicted octanol–water partition coefficient (Wildman–Crippen LogP) is -1.91. The Balaban J connectivity index is 2.23. The minimum absolute atomic E-state index is 0.0161. The first-order valence-corrected chi connectivity index (χ1v) is 9.93. The van der Waals surface area contributed by atoms with Crippen LogP contribution in [0.4, 0.5) is 0 Å². The number of rotatable bonds is 13. The van der Waals surface area contributed by atoms with Gasteiger partial charge in [0.25, 0.3) is 11.8 Å². The van der Waals surface area contributed by atoms with Crippen molar-refractivity contribution in [2.24, 2.45) is 5.92 Å². The lowest BCUT2D eigenvalue weighted by Gasteiger charge is -2.21. The van der Waals surface area contributed by atoms with Crippen LogP contribution in [0, 0.1) is 5.92 Å². The monoisotopic (exact) mass is 442 g/mol. The molecule has 0 aromatic rings. The summed E-state index contributed by atoms with van der Waals surface area (Å²) < 4.78 is 5.23. The molecular weight excluding hydrogens is 415 g/mol. The Morgan fingerprint density at radius 1 is 1.00 bits per heavy atom. The van der Waals surface area contributed by atoms with E-state index in [9.17, 15) is 28.8 Å². The SMILES string of the molecule is CC(C)C(NC(=O)CNC(=O)CCOCCN1C(=O)C=CC1=O)C(=O)NCC(=O)P. The minimum Gasteiger partial charge on any atom is -0.379 e. The molecule has 2 unspecified atom stereocenters. The maximum absolute atomic E-state index is 12.1. The van der Waals surface area contributed by atoms with Crippen LogP contribution in [0.1, 0.15) is 20.3 Å². The van der Waals surface area contributed by atoms with Gasteiger partial charge in [-0.05, 0) is 5.92 Å². The summed E-state index contributed by atoms with van der Waals surface area (Å²) in [5.74, 6) is -2.49. The molecule has 0 radical (unpaired) electrons. The van der Waals surface area contributed by atoms with Crippen molar-refractivity contribution in [3.8, 4) is 0 Å². The van der Waals surface area contributed by atoms with E-state index in [4.69, 9.17) is 4.74 Å². The Bertz CT molecular complexity index is 705. The van der Waals surface area contributed by atoms with Crippen molar-refractivity contribution >= 4 is 44.3 Å². The second kappa shape index (κ2) is 12.8. The summed E-state index contributed by atoms with van der Waals surface area (Å²) in [5.41, 5.74) is -0.290. The van der Waals surface area contributed by atoms with Gasteiger partial charge < -0.3 is 20.7 Å². The fourth-order valence-corrected chi connectivity index (χ4v) is 2.49. The Kier molecular flexibility index (Phi) is 10.8. The zero-order chi connectivity index (χ0) is 22.7. The van der Waals surface area contributed by atoms with Gasteiger partial charge in [0.05, 0.1) is 32.8 Å². The topological polar surface area (TPSA) is 151 Å². The van der Waals surface area contributed by atoms with Crippen LogP contribution >= 0.6 is 9.24 Å². The van der Waals surface area contributed by atoms with Crippen LogP contribution in [-0.4, -0.2) is 78.9 Å². The summed E-state index contributed by atoms with van der Waals surface area (Å²) in [6.07, 6.45) is 2.34. The molecule has 5 amide bonds. The molecule has 1 aliphatic heterocycles. The largest absolute Gasteiger partial charge is 0.379 e. The van der Waals surface area contributed by atoms with Crippen LogP contribution in [-0.2, 0) is 33.5 Å². The van der Waals surface area contributed by atoms with Crippen molar-refractivity contribution in [2.45, 2.75) is 26.3 Å². The van der Waals surface area contributed by atoms with Gasteiger partial charge in [-0.2, -0.15) is 0 Å². The van der Waals surface area contributed by atoms with E-state index in [1.165, 1.54) is 12.2 Å². The molecule has 1 aliphatic rings. The molecule has 0 aromatic carbocycles. The highest BCUT2D eigenvalue weighted by Crippen LogP contribution is 2.03. The van der Waals surface area contributed by atoms with Crippen molar-refractivity contribution in [3.63, 3.8) is 0 Å². The lowest BCUT2D eigenvalue weighted by atomic mass is 10.0. The molecular formula is C18H27N4O7P. The average Bonchev–Trinajstić information content (AvgIpc) is 3.00. The van der Waals surface area contributed by atoms with E-state index >= 15 is 0 Å². The molecule has 0 bridgehead atoms. The Morgan fingerprint density at radius 2 is 1.63 bits per heavy atom. The Labute approximate surface area is 176 Å². The van der Waals surface area contributed by atoms with Crippen LogP contribution in [0.25, 0.3) is 0 Å². The standard InChI is InChI=1S/C18H27N4O7P/c1-11(2)17(18(28)20-10-16(27)30)21-13(24)9-19-12(23)5-7-29-8-6-22-14(25)3-4-15(22)26/h3-4,11,17H,5-10,30H2,1-2H3,(H,19,23)(H,20,28)(H,21,24). The maximum Gasteiger partial charge on any atom is 0.253 e. The molecule has 166 valence electrons. The highest BCUT2D eigenvalue weighted by atomic mass is 31.0. The Hall–Kier alpha value is -2.65. The zero-order valence-electron chi connectivity index (χ0n) is 16.9. The van der Waals surface area contributed by atoms with E-state index in [0.29, 0.717) is 0 Å². The van der Waals surface area contributed by atoms with Crippen LogP contribution in [0.3, 0.4) is 0 Å². The van der Waals surface area contributed by atoms with Crippen molar-refractivity contribution in [3.05, 3.63) is 12.2 Å². The number of ether oxygens (including phenoxy) is 1. The van der Waals surface area contributed by atoms with Crippen LogP contribution < -0.4 is 16.0 Å². The molecule has 0 aliphatic carbocycles. The van der Waals surface area contributed by atoms with E-state index in [2.05, 4.69) is 16.0 Å². The van der Waals surface area contributed by atoms with E-state index in [1.54, 1.807) is 13.8 Å². The van der Waals surface area contributed by atoms with Crippen molar-refractivity contribution in [1.29, 1.82) is 0 Å². The van der Waals surface area contributed by atoms with Gasteiger partial charge in [-0.1, -0.05) is 23.1 Å². The second-order valence-electron chi connectivity index (χ2n) is 6.77. The fourth-order valence-electron chi connectivity index (χ4n) is 2.39. The first kappa shape index (κ1) is 25.4. The summed E-state index contributed by atoms with van der Waals surface area (Å²) in [7, 11) is 1.94. The molecule has 12 heteroatoms. The van der Waals surface area contributed by atoms with Crippen molar-refractivity contribution in [1.82, 2.24) is 20.9 Å². The first-order valence-electron chi connectivity index (χ1n) is 9.35. The lowest BCUT2D eigenvalue weighted by Crippen LogP contribution is -2.52. The third-order valence-electron chi connectivity index (χ3n) is 3.98. The predicted molar refractivity (Wildman–Crippen MR) is 109 cm³/mol. The zero-order valence-corrected chi connectivity index (χ0v) is 18.1. The number of hydrogen-bond acceptors (Lipinski definition) is 7. The van der Waals surface area contributed by atoms with Crippen molar-refractivity contribution < 1.29 is 33.5 Å². The molecule has 2 atom stereocenters. The second-order valence-corrected chi connectivity index (χ2v) is 7.42. The van der Waals surface area contributed by atoms with Gasteiger partial charge in [-0.25, -0.2) is 0 Å². The van der Waals surface area contributed by atoms with Gasteiger partial charge in [0.2, 0.25) is 17.7 Å². The van der Waals surface area contributed by atoms with E-state index < -0.39 is 35.6 Å². The average molecular weight is 442 g/mol. The van der Waals surface area contributed by atoms with E-state index in [0.717, 1.165) is 4.90 Å². The molecule has 1 heterocycles. The molecule has 0 spiro atoms. The smallest absolute Gasteiger partial charge is 0.253 e. The van der Waals surface area contributed by atoms with Gasteiger partial charge in [0.1, 0.15) is 6.04 Å². The molecule has 0 fully saturated rings. The molecule has 0 saturated heterocycles. The van der Waals surface area contributed by atoms with Gasteiger partial charge in [-0.15, -0.1) is 0 Å². The molecule has 30 heavy (non-hydrogen) atoms. The van der Waals surface area contributed by atoms with Crippen LogP contribution in [0.5, 0.6) is 0 Å². The fraction of sp³-hybridized carbons (Fsp3) is 0.556. The number of carbonyl (C=O) groups excluding carboxylic acids is 6. The number of nitrogens with one attached hydrogen (secondary N) is 3. The van der Waals surface area contributed by atoms with E-state index in [-0.39, 0.29) is 50.7 Å². The highest BCUT2D eigenvalue weighted by Gasteiger charge is 2.24.